The van der Waals surface area contributed by atoms with Crippen molar-refractivity contribution in [1.29, 1.82) is 0 Å². The number of rotatable bonds is 4. The Kier molecular flexibility index (Phi) is 5.53. The molecule has 0 aliphatic carbocycles. The number of anilines is 1. The molecule has 5 nitrogen and oxygen atoms in total. The Bertz CT molecular complexity index is 932. The number of hydrogen-bond acceptors (Lipinski definition) is 4. The minimum Gasteiger partial charge on any atom is -0.324 e. The van der Waals surface area contributed by atoms with E-state index in [-0.39, 0.29) is 4.91 Å². The van der Waals surface area contributed by atoms with E-state index in [1.165, 1.54) is 24.3 Å². The van der Waals surface area contributed by atoms with Crippen molar-refractivity contribution >= 4 is 56.5 Å². The fraction of sp³-hybridized carbons (Fsp3) is 0.0556. The van der Waals surface area contributed by atoms with Crippen LogP contribution in [-0.4, -0.2) is 28.5 Å². The standard InChI is InChI=1S/C18H12BrFN2O3S/c19-13-6-1-2-7-14(13)21-16(23)10-22-17(24)15(26-18(22)25)9-11-4-3-5-12(20)8-11/h1-9H,10H2,(H,21,23)/b15-9+. The van der Waals surface area contributed by atoms with Crippen LogP contribution in [0.4, 0.5) is 14.9 Å². The summed E-state index contributed by atoms with van der Waals surface area (Å²) in [5, 5.41) is 2.10. The van der Waals surface area contributed by atoms with Gasteiger partial charge in [0.2, 0.25) is 5.91 Å². The molecule has 1 aliphatic rings. The third-order valence-corrected chi connectivity index (χ3v) is 5.07. The van der Waals surface area contributed by atoms with E-state index in [0.717, 1.165) is 16.7 Å². The van der Waals surface area contributed by atoms with E-state index in [1.807, 2.05) is 0 Å². The first-order valence-electron chi connectivity index (χ1n) is 7.49. The van der Waals surface area contributed by atoms with Gasteiger partial charge in [0.25, 0.3) is 11.1 Å². The van der Waals surface area contributed by atoms with Crippen LogP contribution < -0.4 is 5.32 Å². The Morgan fingerprint density at radius 1 is 1.19 bits per heavy atom. The van der Waals surface area contributed by atoms with E-state index in [2.05, 4.69) is 21.2 Å². The lowest BCUT2D eigenvalue weighted by Crippen LogP contribution is -2.36. The van der Waals surface area contributed by atoms with Crippen molar-refractivity contribution in [2.45, 2.75) is 0 Å². The van der Waals surface area contributed by atoms with Gasteiger partial charge in [-0.1, -0.05) is 24.3 Å². The molecule has 0 saturated carbocycles. The highest BCUT2D eigenvalue weighted by molar-refractivity contribution is 9.10. The van der Waals surface area contributed by atoms with Crippen molar-refractivity contribution in [3.63, 3.8) is 0 Å². The van der Waals surface area contributed by atoms with E-state index >= 15 is 0 Å². The normalized spacial score (nSPS) is 15.6. The molecule has 1 fully saturated rings. The van der Waals surface area contributed by atoms with Crippen molar-refractivity contribution in [1.82, 2.24) is 4.90 Å². The van der Waals surface area contributed by atoms with Crippen LogP contribution in [0.1, 0.15) is 5.56 Å². The molecule has 0 aromatic heterocycles. The van der Waals surface area contributed by atoms with E-state index in [4.69, 9.17) is 0 Å². The predicted octanol–water partition coefficient (Wildman–Crippen LogP) is 4.26. The summed E-state index contributed by atoms with van der Waals surface area (Å²) in [6.45, 7) is -0.396. The van der Waals surface area contributed by atoms with Crippen molar-refractivity contribution in [3.05, 3.63) is 69.3 Å². The van der Waals surface area contributed by atoms with E-state index in [9.17, 15) is 18.8 Å². The average Bonchev–Trinajstić information content (AvgIpc) is 2.84. The average molecular weight is 435 g/mol. The van der Waals surface area contributed by atoms with Crippen molar-refractivity contribution in [2.24, 2.45) is 0 Å². The number of benzene rings is 2. The fourth-order valence-electron chi connectivity index (χ4n) is 2.28. The molecule has 3 amide bonds. The number of para-hydroxylation sites is 1. The Labute approximate surface area is 161 Å². The third-order valence-electron chi connectivity index (χ3n) is 3.47. The molecule has 0 bridgehead atoms. The van der Waals surface area contributed by atoms with E-state index in [0.29, 0.717) is 15.7 Å². The van der Waals surface area contributed by atoms with Crippen LogP contribution in [0.5, 0.6) is 0 Å². The lowest BCUT2D eigenvalue weighted by atomic mass is 10.2. The molecular weight excluding hydrogens is 423 g/mol. The van der Waals surface area contributed by atoms with Gasteiger partial charge in [-0.2, -0.15) is 0 Å². The van der Waals surface area contributed by atoms with Crippen molar-refractivity contribution in [2.75, 3.05) is 11.9 Å². The molecule has 3 rings (SSSR count). The van der Waals surface area contributed by atoms with Crippen LogP contribution in [0.3, 0.4) is 0 Å². The van der Waals surface area contributed by atoms with Gasteiger partial charge < -0.3 is 5.32 Å². The molecule has 0 spiro atoms. The highest BCUT2D eigenvalue weighted by atomic mass is 79.9. The number of carbonyl (C=O) groups is 3. The first-order valence-corrected chi connectivity index (χ1v) is 9.10. The monoisotopic (exact) mass is 434 g/mol. The SMILES string of the molecule is O=C(CN1C(=O)S/C(=C/c2cccc(F)c2)C1=O)Nc1ccccc1Br. The van der Waals surface area contributed by atoms with E-state index < -0.39 is 29.4 Å². The zero-order valence-corrected chi connectivity index (χ0v) is 15.6. The first kappa shape index (κ1) is 18.3. The molecule has 0 unspecified atom stereocenters. The Balaban J connectivity index is 1.71. The molecule has 8 heteroatoms. The zero-order chi connectivity index (χ0) is 18.7. The second-order valence-electron chi connectivity index (χ2n) is 5.35. The fourth-order valence-corrected chi connectivity index (χ4v) is 3.50. The Hall–Kier alpha value is -2.45. The second kappa shape index (κ2) is 7.84. The van der Waals surface area contributed by atoms with Gasteiger partial charge in [0, 0.05) is 4.47 Å². The van der Waals surface area contributed by atoms with Crippen molar-refractivity contribution in [3.8, 4) is 0 Å². The van der Waals surface area contributed by atoms with Gasteiger partial charge >= 0.3 is 0 Å². The van der Waals surface area contributed by atoms with Gasteiger partial charge in [-0.15, -0.1) is 0 Å². The summed E-state index contributed by atoms with van der Waals surface area (Å²) in [5.41, 5.74) is 1.01. The number of imide groups is 1. The van der Waals surface area contributed by atoms with Crippen LogP contribution in [0.25, 0.3) is 6.08 Å². The summed E-state index contributed by atoms with van der Waals surface area (Å²) in [4.78, 5) is 37.6. The molecule has 1 saturated heterocycles. The smallest absolute Gasteiger partial charge is 0.294 e. The third kappa shape index (κ3) is 4.20. The number of halogens is 2. The lowest BCUT2D eigenvalue weighted by Gasteiger charge is -2.13. The van der Waals surface area contributed by atoms with Gasteiger partial charge in [-0.25, -0.2) is 4.39 Å². The molecule has 2 aromatic carbocycles. The molecular formula is C18H12BrFN2O3S. The van der Waals surface area contributed by atoms with Gasteiger partial charge in [0.05, 0.1) is 10.6 Å². The molecule has 1 aliphatic heterocycles. The predicted molar refractivity (Wildman–Crippen MR) is 102 cm³/mol. The number of hydrogen-bond donors (Lipinski definition) is 1. The second-order valence-corrected chi connectivity index (χ2v) is 7.20. The Morgan fingerprint density at radius 2 is 1.96 bits per heavy atom. The maximum absolute atomic E-state index is 13.2. The van der Waals surface area contributed by atoms with Gasteiger partial charge in [-0.05, 0) is 63.6 Å². The maximum Gasteiger partial charge on any atom is 0.294 e. The summed E-state index contributed by atoms with van der Waals surface area (Å²) in [6, 6.07) is 12.7. The van der Waals surface area contributed by atoms with Gasteiger partial charge in [0.15, 0.2) is 0 Å². The molecule has 26 heavy (non-hydrogen) atoms. The van der Waals surface area contributed by atoms with Gasteiger partial charge in [-0.3, -0.25) is 19.3 Å². The number of carbonyl (C=O) groups excluding carboxylic acids is 3. The molecule has 1 N–H and O–H groups in total. The molecule has 1 heterocycles. The summed E-state index contributed by atoms with van der Waals surface area (Å²) >= 11 is 4.03. The summed E-state index contributed by atoms with van der Waals surface area (Å²) < 4.78 is 13.9. The largest absolute Gasteiger partial charge is 0.324 e. The topological polar surface area (TPSA) is 66.5 Å². The molecule has 0 radical (unpaired) electrons. The van der Waals surface area contributed by atoms with Crippen LogP contribution in [0.15, 0.2) is 57.9 Å². The summed E-state index contributed by atoms with van der Waals surface area (Å²) in [6.07, 6.45) is 1.43. The zero-order valence-electron chi connectivity index (χ0n) is 13.2. The number of amides is 3. The first-order chi connectivity index (χ1) is 12.4. The summed E-state index contributed by atoms with van der Waals surface area (Å²) in [7, 11) is 0. The van der Waals surface area contributed by atoms with Crippen LogP contribution >= 0.6 is 27.7 Å². The van der Waals surface area contributed by atoms with E-state index in [1.54, 1.807) is 30.3 Å². The Morgan fingerprint density at radius 3 is 2.69 bits per heavy atom. The van der Waals surface area contributed by atoms with Crippen LogP contribution in [0.2, 0.25) is 0 Å². The number of nitrogens with zero attached hydrogens (tertiary/aromatic N) is 1. The minimum atomic E-state index is -0.577. The number of nitrogens with one attached hydrogen (secondary N) is 1. The highest BCUT2D eigenvalue weighted by Crippen LogP contribution is 2.32. The molecule has 132 valence electrons. The number of thioether (sulfide) groups is 1. The lowest BCUT2D eigenvalue weighted by molar-refractivity contribution is -0.127. The quantitative estimate of drug-likeness (QED) is 0.729. The minimum absolute atomic E-state index is 0.147. The van der Waals surface area contributed by atoms with Crippen molar-refractivity contribution < 1.29 is 18.8 Å². The summed E-state index contributed by atoms with van der Waals surface area (Å²) in [5.74, 6) is -1.51. The van der Waals surface area contributed by atoms with Crippen LogP contribution in [0, 0.1) is 5.82 Å². The molecule has 2 aromatic rings. The maximum atomic E-state index is 13.2. The molecule has 0 atom stereocenters. The highest BCUT2D eigenvalue weighted by Gasteiger charge is 2.36. The van der Waals surface area contributed by atoms with Gasteiger partial charge in [0.1, 0.15) is 12.4 Å². The van der Waals surface area contributed by atoms with Crippen LogP contribution in [-0.2, 0) is 9.59 Å².